The highest BCUT2D eigenvalue weighted by Crippen LogP contribution is 2.40. The van der Waals surface area contributed by atoms with E-state index in [1.807, 2.05) is 6.07 Å². The number of thiophene rings is 1. The summed E-state index contributed by atoms with van der Waals surface area (Å²) in [5.41, 5.74) is 1.98. The van der Waals surface area contributed by atoms with Crippen LogP contribution in [0, 0.1) is 19.7 Å². The van der Waals surface area contributed by atoms with Crippen molar-refractivity contribution in [1.82, 2.24) is 0 Å². The van der Waals surface area contributed by atoms with Crippen molar-refractivity contribution in [3.63, 3.8) is 0 Å². The van der Waals surface area contributed by atoms with Crippen LogP contribution in [-0.4, -0.2) is 0 Å². The first-order chi connectivity index (χ1) is 8.00. The molecule has 0 aliphatic heterocycles. The molecular weight excluding hydrogens is 323 g/mol. The zero-order chi connectivity index (χ0) is 12.6. The SMILES string of the molecule is Cc1cc(C)c(C(Br)c2cccc(F)c2Cl)s1. The molecule has 0 N–H and O–H groups in total. The number of hydrogen-bond acceptors (Lipinski definition) is 1. The molecule has 0 aliphatic rings. The highest BCUT2D eigenvalue weighted by Gasteiger charge is 2.19. The van der Waals surface area contributed by atoms with Crippen molar-refractivity contribution in [3.05, 3.63) is 56.0 Å². The van der Waals surface area contributed by atoms with E-state index in [4.69, 9.17) is 11.6 Å². The molecule has 1 aromatic heterocycles. The molecule has 0 fully saturated rings. The van der Waals surface area contributed by atoms with Gasteiger partial charge >= 0.3 is 0 Å². The first kappa shape index (κ1) is 13.1. The third kappa shape index (κ3) is 2.56. The lowest BCUT2D eigenvalue weighted by Crippen LogP contribution is -1.94. The second-order valence-electron chi connectivity index (χ2n) is 3.91. The molecule has 1 heterocycles. The second-order valence-corrected chi connectivity index (χ2v) is 6.49. The van der Waals surface area contributed by atoms with E-state index < -0.39 is 0 Å². The molecule has 2 aromatic rings. The van der Waals surface area contributed by atoms with Gasteiger partial charge in [0.25, 0.3) is 0 Å². The quantitative estimate of drug-likeness (QED) is 0.624. The highest BCUT2D eigenvalue weighted by atomic mass is 79.9. The molecule has 0 saturated heterocycles. The number of hydrogen-bond donors (Lipinski definition) is 0. The summed E-state index contributed by atoms with van der Waals surface area (Å²) in [4.78, 5) is 2.37. The molecule has 0 spiro atoms. The summed E-state index contributed by atoms with van der Waals surface area (Å²) in [6.45, 7) is 4.12. The van der Waals surface area contributed by atoms with Crippen molar-refractivity contribution in [2.24, 2.45) is 0 Å². The van der Waals surface area contributed by atoms with Crippen molar-refractivity contribution in [2.45, 2.75) is 18.7 Å². The van der Waals surface area contributed by atoms with E-state index in [1.54, 1.807) is 17.4 Å². The molecule has 0 radical (unpaired) electrons. The van der Waals surface area contributed by atoms with Crippen molar-refractivity contribution < 1.29 is 4.39 Å². The first-order valence-corrected chi connectivity index (χ1v) is 7.26. The van der Waals surface area contributed by atoms with Crippen LogP contribution in [0.2, 0.25) is 5.02 Å². The van der Waals surface area contributed by atoms with E-state index in [2.05, 4.69) is 35.8 Å². The fraction of sp³-hybridized carbons (Fsp3) is 0.231. The molecule has 17 heavy (non-hydrogen) atoms. The number of rotatable bonds is 2. The molecule has 1 aromatic carbocycles. The van der Waals surface area contributed by atoms with Gasteiger partial charge in [-0.1, -0.05) is 39.7 Å². The molecule has 2 rings (SSSR count). The van der Waals surface area contributed by atoms with Gasteiger partial charge in [-0.05, 0) is 37.1 Å². The largest absolute Gasteiger partial charge is 0.205 e. The van der Waals surface area contributed by atoms with E-state index >= 15 is 0 Å². The second kappa shape index (κ2) is 5.09. The van der Waals surface area contributed by atoms with Crippen LogP contribution >= 0.6 is 38.9 Å². The van der Waals surface area contributed by atoms with E-state index in [1.165, 1.54) is 21.4 Å². The molecule has 0 aliphatic carbocycles. The average molecular weight is 334 g/mol. The van der Waals surface area contributed by atoms with Gasteiger partial charge < -0.3 is 0 Å². The maximum atomic E-state index is 13.4. The number of aryl methyl sites for hydroxylation is 2. The monoisotopic (exact) mass is 332 g/mol. The number of halogens is 3. The smallest absolute Gasteiger partial charge is 0.142 e. The van der Waals surface area contributed by atoms with Crippen LogP contribution in [-0.2, 0) is 0 Å². The maximum absolute atomic E-state index is 13.4. The molecule has 90 valence electrons. The highest BCUT2D eigenvalue weighted by molar-refractivity contribution is 9.09. The Bertz CT molecular complexity index is 550. The molecule has 0 saturated carbocycles. The topological polar surface area (TPSA) is 0 Å². The summed E-state index contributed by atoms with van der Waals surface area (Å²) in [5, 5.41) is 0.194. The Morgan fingerprint density at radius 3 is 2.65 bits per heavy atom. The van der Waals surface area contributed by atoms with Gasteiger partial charge in [0, 0.05) is 9.75 Å². The lowest BCUT2D eigenvalue weighted by atomic mass is 10.1. The minimum absolute atomic E-state index is 0.0515. The van der Waals surface area contributed by atoms with Gasteiger partial charge in [0.2, 0.25) is 0 Å². The standard InChI is InChI=1S/C13H11BrClFS/c1-7-6-8(2)17-13(7)11(14)9-4-3-5-10(16)12(9)15/h3-6,11H,1-2H3. The van der Waals surface area contributed by atoms with Gasteiger partial charge in [-0.15, -0.1) is 11.3 Å². The van der Waals surface area contributed by atoms with Crippen molar-refractivity contribution in [1.29, 1.82) is 0 Å². The fourth-order valence-corrected chi connectivity index (χ4v) is 4.19. The van der Waals surface area contributed by atoms with Gasteiger partial charge in [0.1, 0.15) is 5.82 Å². The Hall–Kier alpha value is -0.380. The summed E-state index contributed by atoms with van der Waals surface area (Å²) in [6.07, 6.45) is 0. The van der Waals surface area contributed by atoms with Crippen molar-refractivity contribution in [3.8, 4) is 0 Å². The molecule has 0 nitrogen and oxygen atoms in total. The van der Waals surface area contributed by atoms with E-state index in [-0.39, 0.29) is 15.7 Å². The zero-order valence-electron chi connectivity index (χ0n) is 9.43. The van der Waals surface area contributed by atoms with Crippen molar-refractivity contribution in [2.75, 3.05) is 0 Å². The van der Waals surface area contributed by atoms with Crippen LogP contribution in [0.1, 0.15) is 25.7 Å². The summed E-state index contributed by atoms with van der Waals surface area (Å²) in [5.74, 6) is -0.375. The Labute approximate surface area is 118 Å². The molecule has 0 bridgehead atoms. The molecule has 0 amide bonds. The van der Waals surface area contributed by atoms with E-state index in [9.17, 15) is 4.39 Å². The summed E-state index contributed by atoms with van der Waals surface area (Å²) >= 11 is 11.3. The zero-order valence-corrected chi connectivity index (χ0v) is 12.6. The molecular formula is C13H11BrClFS. The third-order valence-corrected chi connectivity index (χ3v) is 5.43. The average Bonchev–Trinajstić information content (AvgIpc) is 2.61. The minimum atomic E-state index is -0.375. The van der Waals surface area contributed by atoms with Crippen LogP contribution in [0.25, 0.3) is 0 Å². The Morgan fingerprint density at radius 1 is 1.35 bits per heavy atom. The fourth-order valence-electron chi connectivity index (χ4n) is 1.77. The van der Waals surface area contributed by atoms with Crippen molar-refractivity contribution >= 4 is 38.9 Å². The Kier molecular flexibility index (Phi) is 3.91. The number of alkyl halides is 1. The van der Waals surface area contributed by atoms with Gasteiger partial charge in [-0.2, -0.15) is 0 Å². The predicted octanol–water partition coefficient (Wildman–Crippen LogP) is 5.64. The van der Waals surface area contributed by atoms with Gasteiger partial charge in [0.05, 0.1) is 9.85 Å². The molecule has 4 heteroatoms. The van der Waals surface area contributed by atoms with E-state index in [0.29, 0.717) is 0 Å². The Morgan fingerprint density at radius 2 is 2.06 bits per heavy atom. The molecule has 1 unspecified atom stereocenters. The summed E-state index contributed by atoms with van der Waals surface area (Å²) in [7, 11) is 0. The van der Waals surface area contributed by atoms with E-state index in [0.717, 1.165) is 5.56 Å². The normalized spacial score (nSPS) is 12.8. The van der Waals surface area contributed by atoms with Crippen LogP contribution in [0.4, 0.5) is 4.39 Å². The maximum Gasteiger partial charge on any atom is 0.142 e. The van der Waals surface area contributed by atoms with Gasteiger partial charge in [0.15, 0.2) is 0 Å². The Balaban J connectivity index is 2.47. The summed E-state index contributed by atoms with van der Waals surface area (Å²) < 4.78 is 13.4. The van der Waals surface area contributed by atoms with Gasteiger partial charge in [-0.25, -0.2) is 4.39 Å². The van der Waals surface area contributed by atoms with Crippen LogP contribution in [0.3, 0.4) is 0 Å². The predicted molar refractivity (Wildman–Crippen MR) is 76.0 cm³/mol. The van der Waals surface area contributed by atoms with Crippen LogP contribution in [0.5, 0.6) is 0 Å². The number of benzene rings is 1. The first-order valence-electron chi connectivity index (χ1n) is 5.15. The van der Waals surface area contributed by atoms with Crippen LogP contribution in [0.15, 0.2) is 24.3 Å². The lowest BCUT2D eigenvalue weighted by molar-refractivity contribution is 0.626. The molecule has 1 atom stereocenters. The summed E-state index contributed by atoms with van der Waals surface area (Å²) in [6, 6.07) is 7.03. The third-order valence-electron chi connectivity index (χ3n) is 2.56. The van der Waals surface area contributed by atoms with Crippen LogP contribution < -0.4 is 0 Å². The van der Waals surface area contributed by atoms with Gasteiger partial charge in [-0.3, -0.25) is 0 Å². The minimum Gasteiger partial charge on any atom is -0.205 e. The lowest BCUT2D eigenvalue weighted by Gasteiger charge is -2.12.